The van der Waals surface area contributed by atoms with Gasteiger partial charge in [-0.05, 0) is 42.5 Å². The molecule has 1 aromatic carbocycles. The third-order valence-corrected chi connectivity index (χ3v) is 6.58. The maximum Gasteiger partial charge on any atom is 0.338 e. The molecule has 1 aliphatic rings. The van der Waals surface area contributed by atoms with Crippen LogP contribution in [0.1, 0.15) is 51.4 Å². The molecule has 0 amide bonds. The number of sulfonamides is 1. The Balaban J connectivity index is 2.08. The molecule has 7 heteroatoms. The van der Waals surface area contributed by atoms with E-state index in [1.54, 1.807) is 20.8 Å². The summed E-state index contributed by atoms with van der Waals surface area (Å²) >= 11 is 0. The molecule has 1 aromatic rings. The molecule has 1 heterocycles. The molecule has 0 N–H and O–H groups in total. The van der Waals surface area contributed by atoms with Crippen molar-refractivity contribution < 1.29 is 22.7 Å². The van der Waals surface area contributed by atoms with Gasteiger partial charge in [0, 0.05) is 18.5 Å². The summed E-state index contributed by atoms with van der Waals surface area (Å²) in [5.74, 6) is -0.184. The number of rotatable bonds is 5. The smallest absolute Gasteiger partial charge is 0.338 e. The van der Waals surface area contributed by atoms with Crippen molar-refractivity contribution in [2.45, 2.75) is 45.9 Å². The second-order valence-electron chi connectivity index (χ2n) is 8.54. The number of carbonyl (C=O) groups is 2. The van der Waals surface area contributed by atoms with E-state index in [1.807, 2.05) is 0 Å². The lowest BCUT2D eigenvalue weighted by atomic mass is 9.91. The normalized spacial score (nSPS) is 21.7. The van der Waals surface area contributed by atoms with Crippen LogP contribution >= 0.6 is 0 Å². The Hall–Kier alpha value is -1.73. The van der Waals surface area contributed by atoms with E-state index in [2.05, 4.69) is 13.8 Å². The fourth-order valence-corrected chi connectivity index (χ4v) is 4.82. The fourth-order valence-electron chi connectivity index (χ4n) is 3.14. The SMILES string of the molecule is C[C@@H]1C[C@H](C)CN(S(=O)(=O)c2ccc(C(=O)OCC(=O)C(C)(C)C)cc2)C1. The summed E-state index contributed by atoms with van der Waals surface area (Å²) in [4.78, 5) is 24.1. The van der Waals surface area contributed by atoms with Gasteiger partial charge >= 0.3 is 5.97 Å². The highest BCUT2D eigenvalue weighted by atomic mass is 32.2. The molecule has 6 nitrogen and oxygen atoms in total. The zero-order chi connectivity index (χ0) is 20.4. The first-order chi connectivity index (χ1) is 12.4. The van der Waals surface area contributed by atoms with Gasteiger partial charge in [0.2, 0.25) is 10.0 Å². The van der Waals surface area contributed by atoms with E-state index in [0.717, 1.165) is 6.42 Å². The summed E-state index contributed by atoms with van der Waals surface area (Å²) in [5.41, 5.74) is -0.364. The molecule has 1 aliphatic heterocycles. The Labute approximate surface area is 161 Å². The van der Waals surface area contributed by atoms with Crippen molar-refractivity contribution in [1.82, 2.24) is 4.31 Å². The molecule has 0 saturated carbocycles. The summed E-state index contributed by atoms with van der Waals surface area (Å²) in [6, 6.07) is 5.68. The van der Waals surface area contributed by atoms with Gasteiger partial charge in [-0.1, -0.05) is 34.6 Å². The van der Waals surface area contributed by atoms with Gasteiger partial charge in [0.15, 0.2) is 12.4 Å². The minimum absolute atomic E-state index is 0.158. The molecule has 0 radical (unpaired) electrons. The van der Waals surface area contributed by atoms with Crippen LogP contribution in [0.25, 0.3) is 0 Å². The van der Waals surface area contributed by atoms with Crippen molar-refractivity contribution in [2.75, 3.05) is 19.7 Å². The number of piperidine rings is 1. The van der Waals surface area contributed by atoms with Crippen molar-refractivity contribution >= 4 is 21.8 Å². The van der Waals surface area contributed by atoms with Gasteiger partial charge in [-0.3, -0.25) is 4.79 Å². The van der Waals surface area contributed by atoms with E-state index in [9.17, 15) is 18.0 Å². The van der Waals surface area contributed by atoms with Crippen LogP contribution in [0.2, 0.25) is 0 Å². The van der Waals surface area contributed by atoms with Crippen LogP contribution in [0.15, 0.2) is 29.2 Å². The summed E-state index contributed by atoms with van der Waals surface area (Å²) in [5, 5.41) is 0. The highest BCUT2D eigenvalue weighted by Crippen LogP contribution is 2.26. The molecule has 0 bridgehead atoms. The number of ketones is 1. The van der Waals surface area contributed by atoms with Crippen LogP contribution in [-0.4, -0.2) is 44.2 Å². The molecule has 1 saturated heterocycles. The molecule has 150 valence electrons. The van der Waals surface area contributed by atoms with E-state index >= 15 is 0 Å². The second-order valence-corrected chi connectivity index (χ2v) is 10.5. The average Bonchev–Trinajstić information content (AvgIpc) is 2.57. The predicted octanol–water partition coefficient (Wildman–Crippen LogP) is 3.13. The van der Waals surface area contributed by atoms with Crippen LogP contribution < -0.4 is 0 Å². The summed E-state index contributed by atoms with van der Waals surface area (Å²) < 4.78 is 32.3. The number of benzene rings is 1. The Morgan fingerprint density at radius 1 is 1.07 bits per heavy atom. The molecular formula is C20H29NO5S. The van der Waals surface area contributed by atoms with Gasteiger partial charge in [0.05, 0.1) is 10.5 Å². The van der Waals surface area contributed by atoms with Crippen molar-refractivity contribution in [3.63, 3.8) is 0 Å². The predicted molar refractivity (Wildman–Crippen MR) is 103 cm³/mol. The monoisotopic (exact) mass is 395 g/mol. The molecule has 0 spiro atoms. The number of hydrogen-bond acceptors (Lipinski definition) is 5. The minimum Gasteiger partial charge on any atom is -0.454 e. The minimum atomic E-state index is -3.59. The maximum atomic E-state index is 12.8. The zero-order valence-corrected chi connectivity index (χ0v) is 17.5. The molecular weight excluding hydrogens is 366 g/mol. The first-order valence-corrected chi connectivity index (χ1v) is 10.7. The average molecular weight is 396 g/mol. The molecule has 0 unspecified atom stereocenters. The van der Waals surface area contributed by atoms with Crippen LogP contribution in [-0.2, 0) is 19.6 Å². The van der Waals surface area contributed by atoms with Crippen LogP contribution in [0.5, 0.6) is 0 Å². The number of nitrogens with zero attached hydrogens (tertiary/aromatic N) is 1. The van der Waals surface area contributed by atoms with E-state index in [1.165, 1.54) is 28.6 Å². The first kappa shape index (κ1) is 21.6. The van der Waals surface area contributed by atoms with Crippen molar-refractivity contribution in [1.29, 1.82) is 0 Å². The fraction of sp³-hybridized carbons (Fsp3) is 0.600. The van der Waals surface area contributed by atoms with Gasteiger partial charge < -0.3 is 4.74 Å². The number of hydrogen-bond donors (Lipinski definition) is 0. The largest absolute Gasteiger partial charge is 0.454 e. The van der Waals surface area contributed by atoms with Gasteiger partial charge in [-0.15, -0.1) is 0 Å². The van der Waals surface area contributed by atoms with Crippen LogP contribution in [0.4, 0.5) is 0 Å². The number of carbonyl (C=O) groups excluding carboxylic acids is 2. The quantitative estimate of drug-likeness (QED) is 0.716. The summed E-state index contributed by atoms with van der Waals surface area (Å²) in [6.07, 6.45) is 1.02. The highest BCUT2D eigenvalue weighted by molar-refractivity contribution is 7.89. The number of ether oxygens (including phenoxy) is 1. The van der Waals surface area contributed by atoms with Gasteiger partial charge in [-0.25, -0.2) is 13.2 Å². The van der Waals surface area contributed by atoms with Crippen molar-refractivity contribution in [3.8, 4) is 0 Å². The Morgan fingerprint density at radius 2 is 1.59 bits per heavy atom. The maximum absolute atomic E-state index is 12.8. The Kier molecular flexibility index (Phi) is 6.47. The molecule has 2 rings (SSSR count). The van der Waals surface area contributed by atoms with E-state index in [0.29, 0.717) is 24.9 Å². The molecule has 2 atom stereocenters. The number of Topliss-reactive ketones (excluding diaryl/α,β-unsaturated/α-hetero) is 1. The standard InChI is InChI=1S/C20H29NO5S/c1-14-10-15(2)12-21(11-14)27(24,25)17-8-6-16(7-9-17)19(23)26-13-18(22)20(3,4)5/h6-9,14-15H,10-13H2,1-5H3/t14-,15+. The van der Waals surface area contributed by atoms with Crippen molar-refractivity contribution in [2.24, 2.45) is 17.3 Å². The molecule has 27 heavy (non-hydrogen) atoms. The number of esters is 1. The lowest BCUT2D eigenvalue weighted by molar-refractivity contribution is -0.129. The Morgan fingerprint density at radius 3 is 2.07 bits per heavy atom. The van der Waals surface area contributed by atoms with Gasteiger partial charge in [-0.2, -0.15) is 4.31 Å². The summed E-state index contributed by atoms with van der Waals surface area (Å²) in [6.45, 7) is 10.1. The molecule has 1 fully saturated rings. The first-order valence-electron chi connectivity index (χ1n) is 9.22. The molecule has 0 aliphatic carbocycles. The van der Waals surface area contributed by atoms with E-state index in [-0.39, 0.29) is 22.8 Å². The lowest BCUT2D eigenvalue weighted by Gasteiger charge is -2.34. The topological polar surface area (TPSA) is 80.8 Å². The lowest BCUT2D eigenvalue weighted by Crippen LogP contribution is -2.42. The third-order valence-electron chi connectivity index (χ3n) is 4.73. The Bertz CT molecular complexity index is 783. The zero-order valence-electron chi connectivity index (χ0n) is 16.7. The highest BCUT2D eigenvalue weighted by Gasteiger charge is 2.31. The van der Waals surface area contributed by atoms with E-state index in [4.69, 9.17) is 4.74 Å². The van der Waals surface area contributed by atoms with Gasteiger partial charge in [0.1, 0.15) is 0 Å². The summed E-state index contributed by atoms with van der Waals surface area (Å²) in [7, 11) is -3.59. The molecule has 0 aromatic heterocycles. The second kappa shape index (κ2) is 8.10. The van der Waals surface area contributed by atoms with Crippen molar-refractivity contribution in [3.05, 3.63) is 29.8 Å². The van der Waals surface area contributed by atoms with Crippen LogP contribution in [0.3, 0.4) is 0 Å². The van der Waals surface area contributed by atoms with Crippen LogP contribution in [0, 0.1) is 17.3 Å². The third kappa shape index (κ3) is 5.39. The van der Waals surface area contributed by atoms with Gasteiger partial charge in [0.25, 0.3) is 0 Å². The van der Waals surface area contributed by atoms with E-state index < -0.39 is 21.4 Å².